The average molecular weight is 259 g/mol. The van der Waals surface area contributed by atoms with Gasteiger partial charge in [0.15, 0.2) is 6.23 Å². The van der Waals surface area contributed by atoms with Crippen molar-refractivity contribution in [3.05, 3.63) is 35.9 Å². The maximum Gasteiger partial charge on any atom is 0.335 e. The van der Waals surface area contributed by atoms with Gasteiger partial charge in [0.2, 0.25) is 0 Å². The van der Waals surface area contributed by atoms with Crippen LogP contribution in [0.3, 0.4) is 0 Å². The molecule has 1 aliphatic carbocycles. The Morgan fingerprint density at radius 3 is 2.79 bits per heavy atom. The van der Waals surface area contributed by atoms with Gasteiger partial charge in [-0.15, -0.1) is 0 Å². The number of carbonyl (C=O) groups is 1. The van der Waals surface area contributed by atoms with E-state index in [-0.39, 0.29) is 11.8 Å². The minimum absolute atomic E-state index is 0.0351. The second-order valence-corrected chi connectivity index (χ2v) is 5.29. The van der Waals surface area contributed by atoms with E-state index in [0.29, 0.717) is 5.92 Å². The minimum Gasteiger partial charge on any atom is -0.478 e. The lowest BCUT2D eigenvalue weighted by molar-refractivity contribution is 0.0697. The molecule has 1 aromatic rings. The van der Waals surface area contributed by atoms with Gasteiger partial charge in [-0.05, 0) is 43.9 Å². The molecule has 0 saturated heterocycles. The van der Waals surface area contributed by atoms with Crippen LogP contribution in [0.2, 0.25) is 0 Å². The normalized spacial score (nSPS) is 22.5. The summed E-state index contributed by atoms with van der Waals surface area (Å²) in [5, 5.41) is 12.3. The van der Waals surface area contributed by atoms with Crippen LogP contribution in [0.25, 0.3) is 0 Å². The molecule has 0 bridgehead atoms. The second-order valence-electron chi connectivity index (χ2n) is 5.29. The zero-order valence-corrected chi connectivity index (χ0v) is 10.7. The van der Waals surface area contributed by atoms with Crippen molar-refractivity contribution in [2.75, 3.05) is 5.32 Å². The molecule has 1 aliphatic heterocycles. The minimum atomic E-state index is -0.915. The molecule has 1 unspecified atom stereocenters. The third kappa shape index (κ3) is 2.30. The van der Waals surface area contributed by atoms with Crippen LogP contribution in [0.5, 0.6) is 5.75 Å². The first-order valence-electron chi connectivity index (χ1n) is 6.60. The highest BCUT2D eigenvalue weighted by atomic mass is 16.5. The first kappa shape index (κ1) is 12.1. The summed E-state index contributed by atoms with van der Waals surface area (Å²) in [6, 6.07) is 4.95. The molecule has 1 heterocycles. The second kappa shape index (κ2) is 4.61. The Balaban J connectivity index is 1.73. The van der Waals surface area contributed by atoms with E-state index < -0.39 is 5.97 Å². The molecule has 2 aliphatic rings. The Kier molecular flexibility index (Phi) is 2.93. The van der Waals surface area contributed by atoms with Crippen LogP contribution in [-0.4, -0.2) is 17.3 Å². The van der Waals surface area contributed by atoms with Crippen molar-refractivity contribution in [3.63, 3.8) is 0 Å². The summed E-state index contributed by atoms with van der Waals surface area (Å²) in [5.74, 6) is 0.299. The van der Waals surface area contributed by atoms with Gasteiger partial charge in [0.25, 0.3) is 0 Å². The molecule has 1 aromatic carbocycles. The molecular weight excluding hydrogens is 242 g/mol. The summed E-state index contributed by atoms with van der Waals surface area (Å²) in [4.78, 5) is 10.9. The summed E-state index contributed by atoms with van der Waals surface area (Å²) in [7, 11) is 0. The highest BCUT2D eigenvalue weighted by molar-refractivity contribution is 5.89. The molecule has 4 heteroatoms. The third-order valence-corrected chi connectivity index (χ3v) is 3.94. The number of anilines is 1. The topological polar surface area (TPSA) is 58.6 Å². The van der Waals surface area contributed by atoms with Crippen LogP contribution in [0.1, 0.15) is 36.0 Å². The summed E-state index contributed by atoms with van der Waals surface area (Å²) in [6.45, 7) is 4.02. The highest BCUT2D eigenvalue weighted by Crippen LogP contribution is 2.39. The van der Waals surface area contributed by atoms with Crippen LogP contribution in [-0.2, 0) is 0 Å². The number of benzene rings is 1. The number of allylic oxidation sites excluding steroid dienone is 1. The number of aromatic carboxylic acids is 1. The highest BCUT2D eigenvalue weighted by Gasteiger charge is 2.31. The molecule has 1 fully saturated rings. The molecule has 1 atom stereocenters. The van der Waals surface area contributed by atoms with Crippen molar-refractivity contribution in [1.29, 1.82) is 0 Å². The van der Waals surface area contributed by atoms with E-state index in [0.717, 1.165) is 37.1 Å². The molecule has 4 nitrogen and oxygen atoms in total. The molecule has 2 N–H and O–H groups in total. The Morgan fingerprint density at radius 2 is 2.11 bits per heavy atom. The maximum absolute atomic E-state index is 10.9. The largest absolute Gasteiger partial charge is 0.478 e. The fourth-order valence-electron chi connectivity index (χ4n) is 2.76. The van der Waals surface area contributed by atoms with Gasteiger partial charge in [-0.25, -0.2) is 4.79 Å². The van der Waals surface area contributed by atoms with Gasteiger partial charge in [0, 0.05) is 5.92 Å². The molecule has 0 aromatic heterocycles. The molecule has 0 radical (unpaired) electrons. The van der Waals surface area contributed by atoms with Crippen LogP contribution in [0.4, 0.5) is 5.69 Å². The first-order chi connectivity index (χ1) is 9.13. The number of rotatable bonds is 2. The molecule has 3 rings (SSSR count). The van der Waals surface area contributed by atoms with Gasteiger partial charge in [0.05, 0.1) is 11.3 Å². The number of carboxylic acids is 1. The van der Waals surface area contributed by atoms with E-state index in [1.807, 2.05) is 0 Å². The smallest absolute Gasteiger partial charge is 0.335 e. The molecule has 1 saturated carbocycles. The monoisotopic (exact) mass is 259 g/mol. The van der Waals surface area contributed by atoms with E-state index in [1.54, 1.807) is 18.2 Å². The summed E-state index contributed by atoms with van der Waals surface area (Å²) >= 11 is 0. The number of carboxylic acid groups (broad SMARTS) is 1. The van der Waals surface area contributed by atoms with Gasteiger partial charge >= 0.3 is 5.97 Å². The zero-order chi connectivity index (χ0) is 13.4. The Hall–Kier alpha value is -1.97. The molecule has 19 heavy (non-hydrogen) atoms. The fourth-order valence-corrected chi connectivity index (χ4v) is 2.76. The molecule has 0 spiro atoms. The lowest BCUT2D eigenvalue weighted by Crippen LogP contribution is -2.32. The number of fused-ring (bicyclic) bond motifs is 1. The van der Waals surface area contributed by atoms with Crippen molar-refractivity contribution in [1.82, 2.24) is 0 Å². The fraction of sp³-hybridized carbons (Fsp3) is 0.400. The van der Waals surface area contributed by atoms with Crippen molar-refractivity contribution in [3.8, 4) is 5.75 Å². The van der Waals surface area contributed by atoms with Gasteiger partial charge in [-0.1, -0.05) is 12.2 Å². The van der Waals surface area contributed by atoms with Gasteiger partial charge in [-0.2, -0.15) is 0 Å². The molecule has 0 amide bonds. The summed E-state index contributed by atoms with van der Waals surface area (Å²) in [6.07, 6.45) is 4.24. The quantitative estimate of drug-likeness (QED) is 0.800. The molecular formula is C15H17NO3. The Morgan fingerprint density at radius 1 is 1.37 bits per heavy atom. The number of hydrogen-bond donors (Lipinski definition) is 2. The van der Waals surface area contributed by atoms with E-state index in [2.05, 4.69) is 11.9 Å². The van der Waals surface area contributed by atoms with Crippen LogP contribution >= 0.6 is 0 Å². The van der Waals surface area contributed by atoms with Crippen molar-refractivity contribution >= 4 is 11.7 Å². The van der Waals surface area contributed by atoms with E-state index in [4.69, 9.17) is 9.84 Å². The SMILES string of the molecule is C=C1CCC(C2Nc3cc(C(=O)O)ccc3O2)CC1. The molecule has 100 valence electrons. The van der Waals surface area contributed by atoms with Crippen molar-refractivity contribution < 1.29 is 14.6 Å². The van der Waals surface area contributed by atoms with Gasteiger partial charge in [0.1, 0.15) is 5.75 Å². The van der Waals surface area contributed by atoms with Crippen LogP contribution in [0, 0.1) is 5.92 Å². The van der Waals surface area contributed by atoms with Crippen molar-refractivity contribution in [2.24, 2.45) is 5.92 Å². The van der Waals surface area contributed by atoms with E-state index in [9.17, 15) is 4.79 Å². The predicted molar refractivity (Wildman–Crippen MR) is 72.5 cm³/mol. The number of hydrogen-bond acceptors (Lipinski definition) is 3. The predicted octanol–water partition coefficient (Wildman–Crippen LogP) is 3.26. The standard InChI is InChI=1S/C15H17NO3/c1-9-2-4-10(5-3-9)14-16-12-8-11(15(17)18)6-7-13(12)19-14/h6-8,10,14,16H,1-5H2,(H,17,18). The number of ether oxygens (including phenoxy) is 1. The van der Waals surface area contributed by atoms with Crippen LogP contribution in [0.15, 0.2) is 30.4 Å². The summed E-state index contributed by atoms with van der Waals surface area (Å²) < 4.78 is 5.88. The van der Waals surface area contributed by atoms with Gasteiger partial charge < -0.3 is 15.2 Å². The lowest BCUT2D eigenvalue weighted by Gasteiger charge is -2.27. The van der Waals surface area contributed by atoms with Crippen molar-refractivity contribution in [2.45, 2.75) is 31.9 Å². The maximum atomic E-state index is 10.9. The van der Waals surface area contributed by atoms with E-state index >= 15 is 0 Å². The third-order valence-electron chi connectivity index (χ3n) is 3.94. The first-order valence-corrected chi connectivity index (χ1v) is 6.60. The Labute approximate surface area is 112 Å². The summed E-state index contributed by atoms with van der Waals surface area (Å²) in [5.41, 5.74) is 2.39. The van der Waals surface area contributed by atoms with E-state index in [1.165, 1.54) is 5.57 Å². The Bertz CT molecular complexity index is 528. The average Bonchev–Trinajstić information content (AvgIpc) is 2.82. The number of nitrogens with one attached hydrogen (secondary N) is 1. The van der Waals surface area contributed by atoms with Crippen LogP contribution < -0.4 is 10.1 Å². The van der Waals surface area contributed by atoms with Gasteiger partial charge in [-0.3, -0.25) is 0 Å². The lowest BCUT2D eigenvalue weighted by atomic mass is 9.85. The zero-order valence-electron chi connectivity index (χ0n) is 10.7.